The molecule has 1 aromatic rings. The van der Waals surface area contributed by atoms with Crippen molar-refractivity contribution >= 4 is 11.9 Å². The van der Waals surface area contributed by atoms with E-state index in [1.54, 1.807) is 7.11 Å². The van der Waals surface area contributed by atoms with Crippen LogP contribution in [-0.4, -0.2) is 35.2 Å². The van der Waals surface area contributed by atoms with E-state index in [1.165, 1.54) is 25.7 Å². The summed E-state index contributed by atoms with van der Waals surface area (Å²) < 4.78 is 5.11. The van der Waals surface area contributed by atoms with Gasteiger partial charge >= 0.3 is 6.01 Å². The van der Waals surface area contributed by atoms with Crippen molar-refractivity contribution in [1.82, 2.24) is 15.0 Å². The maximum atomic E-state index is 5.11. The van der Waals surface area contributed by atoms with Gasteiger partial charge in [-0.3, -0.25) is 0 Å². The molecule has 6 heteroatoms. The van der Waals surface area contributed by atoms with Gasteiger partial charge in [0.1, 0.15) is 0 Å². The highest BCUT2D eigenvalue weighted by Crippen LogP contribution is 2.29. The van der Waals surface area contributed by atoms with E-state index in [2.05, 4.69) is 32.5 Å². The molecule has 2 atom stereocenters. The molecule has 1 aliphatic carbocycles. The molecule has 0 spiro atoms. The minimum atomic E-state index is 0.343. The molecule has 112 valence electrons. The Balaban J connectivity index is 1.98. The van der Waals surface area contributed by atoms with Crippen molar-refractivity contribution in [2.24, 2.45) is 11.8 Å². The van der Waals surface area contributed by atoms with Crippen molar-refractivity contribution < 1.29 is 4.74 Å². The summed E-state index contributed by atoms with van der Waals surface area (Å²) in [6.07, 6.45) is 5.31. The van der Waals surface area contributed by atoms with Gasteiger partial charge < -0.3 is 15.4 Å². The molecule has 1 heterocycles. The van der Waals surface area contributed by atoms with Crippen LogP contribution < -0.4 is 15.4 Å². The predicted octanol–water partition coefficient (Wildman–Crippen LogP) is 2.55. The zero-order valence-corrected chi connectivity index (χ0v) is 12.6. The summed E-state index contributed by atoms with van der Waals surface area (Å²) in [4.78, 5) is 12.8. The Morgan fingerprint density at radius 2 is 1.80 bits per heavy atom. The second-order valence-corrected chi connectivity index (χ2v) is 5.40. The highest BCUT2D eigenvalue weighted by molar-refractivity contribution is 5.35. The van der Waals surface area contributed by atoms with Crippen molar-refractivity contribution in [3.05, 3.63) is 0 Å². The van der Waals surface area contributed by atoms with Crippen LogP contribution in [0.5, 0.6) is 6.01 Å². The van der Waals surface area contributed by atoms with Crippen molar-refractivity contribution in [3.8, 4) is 6.01 Å². The Morgan fingerprint density at radius 3 is 2.45 bits per heavy atom. The second kappa shape index (κ2) is 7.26. The molecule has 0 aromatic carbocycles. The van der Waals surface area contributed by atoms with E-state index < -0.39 is 0 Å². The lowest BCUT2D eigenvalue weighted by molar-refractivity contribution is 0.268. The summed E-state index contributed by atoms with van der Waals surface area (Å²) in [6.45, 7) is 6.03. The lowest BCUT2D eigenvalue weighted by Gasteiger charge is -2.28. The maximum Gasteiger partial charge on any atom is 0.322 e. The van der Waals surface area contributed by atoms with Crippen LogP contribution in [0.15, 0.2) is 0 Å². The molecule has 0 saturated heterocycles. The number of aromatic nitrogens is 3. The van der Waals surface area contributed by atoms with Gasteiger partial charge in [-0.05, 0) is 25.2 Å². The highest BCUT2D eigenvalue weighted by atomic mass is 16.5. The third kappa shape index (κ3) is 3.95. The summed E-state index contributed by atoms with van der Waals surface area (Å²) in [5, 5.41) is 6.42. The molecule has 0 amide bonds. The van der Waals surface area contributed by atoms with Gasteiger partial charge in [-0.2, -0.15) is 15.0 Å². The molecule has 0 radical (unpaired) electrons. The minimum absolute atomic E-state index is 0.343. The van der Waals surface area contributed by atoms with Crippen LogP contribution >= 0.6 is 0 Å². The van der Waals surface area contributed by atoms with Gasteiger partial charge in [-0.15, -0.1) is 0 Å². The largest absolute Gasteiger partial charge is 0.467 e. The van der Waals surface area contributed by atoms with E-state index in [0.717, 1.165) is 19.0 Å². The first-order valence-electron chi connectivity index (χ1n) is 7.50. The summed E-state index contributed by atoms with van der Waals surface area (Å²) in [7, 11) is 1.57. The van der Waals surface area contributed by atoms with Gasteiger partial charge in [0.15, 0.2) is 0 Å². The average molecular weight is 279 g/mol. The molecule has 1 fully saturated rings. The molecule has 2 N–H and O–H groups in total. The Labute approximate surface area is 120 Å². The number of rotatable bonds is 6. The van der Waals surface area contributed by atoms with Crippen molar-refractivity contribution in [3.63, 3.8) is 0 Å². The van der Waals surface area contributed by atoms with E-state index in [0.29, 0.717) is 23.8 Å². The van der Waals surface area contributed by atoms with Gasteiger partial charge in [0.05, 0.1) is 7.11 Å². The number of ether oxygens (including phenoxy) is 1. The number of hydrogen-bond donors (Lipinski definition) is 2. The Hall–Kier alpha value is -1.59. The molecule has 0 aliphatic heterocycles. The van der Waals surface area contributed by atoms with Gasteiger partial charge in [0, 0.05) is 13.1 Å². The van der Waals surface area contributed by atoms with E-state index in [9.17, 15) is 0 Å². The van der Waals surface area contributed by atoms with Crippen LogP contribution in [0.1, 0.15) is 39.5 Å². The fourth-order valence-electron chi connectivity index (χ4n) is 2.68. The first-order chi connectivity index (χ1) is 9.72. The second-order valence-electron chi connectivity index (χ2n) is 5.40. The summed E-state index contributed by atoms with van der Waals surface area (Å²) in [5.74, 6) is 2.62. The fourth-order valence-corrected chi connectivity index (χ4v) is 2.68. The summed E-state index contributed by atoms with van der Waals surface area (Å²) in [5.41, 5.74) is 0. The smallest absolute Gasteiger partial charge is 0.322 e. The third-order valence-electron chi connectivity index (χ3n) is 3.94. The quantitative estimate of drug-likeness (QED) is 0.834. The molecule has 0 bridgehead atoms. The topological polar surface area (TPSA) is 72.0 Å². The first kappa shape index (κ1) is 14.8. The molecule has 6 nitrogen and oxygen atoms in total. The molecular weight excluding hydrogens is 254 g/mol. The number of nitrogens with one attached hydrogen (secondary N) is 2. The van der Waals surface area contributed by atoms with Crippen LogP contribution in [-0.2, 0) is 0 Å². The number of anilines is 2. The number of hydrogen-bond acceptors (Lipinski definition) is 6. The molecule has 20 heavy (non-hydrogen) atoms. The normalized spacial score (nSPS) is 22.4. The van der Waals surface area contributed by atoms with Gasteiger partial charge in [0.25, 0.3) is 0 Å². The standard InChI is InChI=1S/C14H25N5O/c1-4-15-12-17-13(19-14(18-12)20-3)16-9-11-8-6-5-7-10(11)2/h10-11H,4-9H2,1-3H3,(H2,15,16,17,18,19). The van der Waals surface area contributed by atoms with Crippen LogP contribution in [0.3, 0.4) is 0 Å². The molecule has 1 aromatic heterocycles. The van der Waals surface area contributed by atoms with Crippen LogP contribution in [0, 0.1) is 11.8 Å². The molecule has 2 rings (SSSR count). The zero-order chi connectivity index (χ0) is 14.4. The maximum absolute atomic E-state index is 5.11. The van der Waals surface area contributed by atoms with Crippen molar-refractivity contribution in [2.45, 2.75) is 39.5 Å². The molecule has 2 unspecified atom stereocenters. The van der Waals surface area contributed by atoms with Crippen molar-refractivity contribution in [1.29, 1.82) is 0 Å². The summed E-state index contributed by atoms with van der Waals surface area (Å²) in [6, 6.07) is 0.343. The van der Waals surface area contributed by atoms with Gasteiger partial charge in [-0.25, -0.2) is 0 Å². The monoisotopic (exact) mass is 279 g/mol. The zero-order valence-electron chi connectivity index (χ0n) is 12.6. The van der Waals surface area contributed by atoms with E-state index in [-0.39, 0.29) is 0 Å². The lowest BCUT2D eigenvalue weighted by atomic mass is 9.80. The molecule has 1 aliphatic rings. The average Bonchev–Trinajstić information content (AvgIpc) is 2.46. The van der Waals surface area contributed by atoms with Crippen LogP contribution in [0.25, 0.3) is 0 Å². The van der Waals surface area contributed by atoms with E-state index in [1.807, 2.05) is 6.92 Å². The fraction of sp³-hybridized carbons (Fsp3) is 0.786. The Kier molecular flexibility index (Phi) is 5.38. The van der Waals surface area contributed by atoms with Crippen LogP contribution in [0.4, 0.5) is 11.9 Å². The Morgan fingerprint density at radius 1 is 1.10 bits per heavy atom. The molecule has 1 saturated carbocycles. The SMILES string of the molecule is CCNc1nc(NCC2CCCCC2C)nc(OC)n1. The third-order valence-corrected chi connectivity index (χ3v) is 3.94. The first-order valence-corrected chi connectivity index (χ1v) is 7.50. The van der Waals surface area contributed by atoms with Crippen molar-refractivity contribution in [2.75, 3.05) is 30.8 Å². The predicted molar refractivity (Wildman–Crippen MR) is 80.2 cm³/mol. The Bertz CT molecular complexity index is 426. The summed E-state index contributed by atoms with van der Waals surface area (Å²) >= 11 is 0. The number of methoxy groups -OCH3 is 1. The molecular formula is C14H25N5O. The highest BCUT2D eigenvalue weighted by Gasteiger charge is 2.21. The van der Waals surface area contributed by atoms with Gasteiger partial charge in [0.2, 0.25) is 11.9 Å². The van der Waals surface area contributed by atoms with Crippen LogP contribution in [0.2, 0.25) is 0 Å². The van der Waals surface area contributed by atoms with E-state index in [4.69, 9.17) is 4.74 Å². The number of nitrogens with zero attached hydrogens (tertiary/aromatic N) is 3. The van der Waals surface area contributed by atoms with Gasteiger partial charge in [-0.1, -0.05) is 26.2 Å². The van der Waals surface area contributed by atoms with E-state index >= 15 is 0 Å². The lowest BCUT2D eigenvalue weighted by Crippen LogP contribution is -2.25. The minimum Gasteiger partial charge on any atom is -0.467 e.